The van der Waals surface area contributed by atoms with Crippen molar-refractivity contribution in [3.8, 4) is 0 Å². The lowest BCUT2D eigenvalue weighted by Gasteiger charge is -2.13. The summed E-state index contributed by atoms with van der Waals surface area (Å²) in [5.74, 6) is -2.41. The molecule has 0 N–H and O–H groups in total. The fraction of sp³-hybridized carbons (Fsp3) is 1.00. The number of hydrogen-bond acceptors (Lipinski definition) is 0. The van der Waals surface area contributed by atoms with Crippen LogP contribution in [0.25, 0.3) is 0 Å². The molecule has 0 aromatic heterocycles. The first-order chi connectivity index (χ1) is 3.85. The maximum atomic E-state index is 11.3. The van der Waals surface area contributed by atoms with Gasteiger partial charge in [0.1, 0.15) is 5.92 Å². The highest BCUT2D eigenvalue weighted by molar-refractivity contribution is 4.62. The second kappa shape index (κ2) is 2.51. The zero-order valence-corrected chi connectivity index (χ0v) is 4.57. The third-order valence-electron chi connectivity index (χ3n) is 0.908. The van der Waals surface area contributed by atoms with Crippen molar-refractivity contribution in [2.45, 2.75) is 19.5 Å². The van der Waals surface area contributed by atoms with E-state index >= 15 is 0 Å². The first-order valence-corrected chi connectivity index (χ1v) is 2.22. The molecule has 0 bridgehead atoms. The average molecular weight is 145 g/mol. The fourth-order valence-electron chi connectivity index (χ4n) is 0.147. The molecular formula is C4H5F4O. The van der Waals surface area contributed by atoms with Gasteiger partial charge in [-0.3, -0.25) is 0 Å². The van der Waals surface area contributed by atoms with Crippen molar-refractivity contribution in [1.29, 1.82) is 0 Å². The third kappa shape index (κ3) is 2.64. The molecule has 55 valence electrons. The molecule has 0 saturated carbocycles. The van der Waals surface area contributed by atoms with Crippen LogP contribution in [0, 0.1) is 5.92 Å². The van der Waals surface area contributed by atoms with Crippen molar-refractivity contribution in [2.75, 3.05) is 0 Å². The summed E-state index contributed by atoms with van der Waals surface area (Å²) in [5, 5.41) is 9.43. The molecule has 9 heavy (non-hydrogen) atoms. The van der Waals surface area contributed by atoms with Crippen LogP contribution < -0.4 is 0 Å². The summed E-state index contributed by atoms with van der Waals surface area (Å²) < 4.78 is 45.2. The summed E-state index contributed by atoms with van der Waals surface area (Å²) in [6, 6.07) is 0. The zero-order valence-electron chi connectivity index (χ0n) is 4.57. The van der Waals surface area contributed by atoms with Crippen LogP contribution in [-0.4, -0.2) is 12.5 Å². The summed E-state index contributed by atoms with van der Waals surface area (Å²) >= 11 is 0. The van der Waals surface area contributed by atoms with E-state index < -0.39 is 18.5 Å². The van der Waals surface area contributed by atoms with E-state index in [1.807, 2.05) is 0 Å². The van der Waals surface area contributed by atoms with Gasteiger partial charge in [-0.15, -0.1) is 0 Å². The standard InChI is InChI=1S/C4H5F4O/c1-2(3(5)6)4(7,8)9/h2-3H,1H3. The highest BCUT2D eigenvalue weighted by Crippen LogP contribution is 2.26. The molecule has 1 nitrogen and oxygen atoms in total. The fourth-order valence-corrected chi connectivity index (χ4v) is 0.147. The monoisotopic (exact) mass is 145 g/mol. The second-order valence-corrected chi connectivity index (χ2v) is 1.68. The molecular weight excluding hydrogens is 140 g/mol. The van der Waals surface area contributed by atoms with Crippen LogP contribution in [0.4, 0.5) is 17.6 Å². The molecule has 0 aliphatic rings. The van der Waals surface area contributed by atoms with Gasteiger partial charge in [0.15, 0.2) is 0 Å². The van der Waals surface area contributed by atoms with E-state index in [4.69, 9.17) is 0 Å². The molecule has 1 radical (unpaired) electrons. The Balaban J connectivity index is 3.88. The molecule has 5 heteroatoms. The van der Waals surface area contributed by atoms with E-state index in [9.17, 15) is 22.7 Å². The van der Waals surface area contributed by atoms with Gasteiger partial charge in [-0.2, -0.15) is 13.9 Å². The second-order valence-electron chi connectivity index (χ2n) is 1.68. The Labute approximate surface area is 49.3 Å². The summed E-state index contributed by atoms with van der Waals surface area (Å²) in [5.41, 5.74) is 0. The maximum Gasteiger partial charge on any atom is 0.389 e. The predicted molar refractivity (Wildman–Crippen MR) is 20.8 cm³/mol. The Hall–Kier alpha value is -0.320. The maximum absolute atomic E-state index is 11.3. The minimum atomic E-state index is -4.52. The zero-order chi connectivity index (χ0) is 7.65. The topological polar surface area (TPSA) is 19.9 Å². The Morgan fingerprint density at radius 1 is 1.33 bits per heavy atom. The van der Waals surface area contributed by atoms with Crippen LogP contribution in [0.15, 0.2) is 0 Å². The minimum absolute atomic E-state index is 0.512. The van der Waals surface area contributed by atoms with E-state index in [0.717, 1.165) is 0 Å². The van der Waals surface area contributed by atoms with E-state index in [2.05, 4.69) is 0 Å². The van der Waals surface area contributed by atoms with Gasteiger partial charge in [0.25, 0.3) is 0 Å². The summed E-state index contributed by atoms with van der Waals surface area (Å²) in [4.78, 5) is 0. The van der Waals surface area contributed by atoms with Crippen molar-refractivity contribution < 1.29 is 22.7 Å². The van der Waals surface area contributed by atoms with Gasteiger partial charge in [0, 0.05) is 0 Å². The molecule has 0 fully saturated rings. The van der Waals surface area contributed by atoms with Crippen molar-refractivity contribution >= 4 is 0 Å². The molecule has 0 aliphatic heterocycles. The third-order valence-corrected chi connectivity index (χ3v) is 0.908. The van der Waals surface area contributed by atoms with Crippen LogP contribution >= 0.6 is 0 Å². The molecule has 0 heterocycles. The van der Waals surface area contributed by atoms with Gasteiger partial charge in [-0.1, -0.05) is 0 Å². The quantitative estimate of drug-likeness (QED) is 0.529. The first-order valence-electron chi connectivity index (χ1n) is 2.22. The van der Waals surface area contributed by atoms with Crippen molar-refractivity contribution in [3.05, 3.63) is 0 Å². The number of alkyl halides is 4. The molecule has 0 amide bonds. The Morgan fingerprint density at radius 2 is 1.67 bits per heavy atom. The molecule has 0 spiro atoms. The Kier molecular flexibility index (Phi) is 2.42. The van der Waals surface area contributed by atoms with Crippen molar-refractivity contribution in [1.82, 2.24) is 0 Å². The van der Waals surface area contributed by atoms with Crippen LogP contribution in [0.3, 0.4) is 0 Å². The summed E-state index contributed by atoms with van der Waals surface area (Å²) in [7, 11) is 0. The van der Waals surface area contributed by atoms with Crippen LogP contribution in [-0.2, 0) is 5.11 Å². The van der Waals surface area contributed by atoms with E-state index in [0.29, 0.717) is 6.92 Å². The lowest BCUT2D eigenvalue weighted by atomic mass is 10.2. The smallest absolute Gasteiger partial charge is 0.210 e. The summed E-state index contributed by atoms with van der Waals surface area (Å²) in [6.45, 7) is 0.512. The number of halogens is 4. The van der Waals surface area contributed by atoms with Crippen LogP contribution in [0.1, 0.15) is 6.92 Å². The van der Waals surface area contributed by atoms with Gasteiger partial charge in [-0.05, 0) is 6.92 Å². The predicted octanol–water partition coefficient (Wildman–Crippen LogP) is 1.91. The molecule has 0 aliphatic carbocycles. The first kappa shape index (κ1) is 8.68. The summed E-state index contributed by atoms with van der Waals surface area (Å²) in [6.07, 6.45) is -7.77. The molecule has 0 rings (SSSR count). The van der Waals surface area contributed by atoms with E-state index in [1.165, 1.54) is 0 Å². The molecule has 1 atom stereocenters. The van der Waals surface area contributed by atoms with Gasteiger partial charge >= 0.3 is 6.11 Å². The van der Waals surface area contributed by atoms with Gasteiger partial charge < -0.3 is 0 Å². The van der Waals surface area contributed by atoms with E-state index in [1.54, 1.807) is 0 Å². The SMILES string of the molecule is CC(C(F)F)C([O])(F)F. The Morgan fingerprint density at radius 3 is 1.67 bits per heavy atom. The highest BCUT2D eigenvalue weighted by atomic mass is 19.3. The number of rotatable bonds is 2. The minimum Gasteiger partial charge on any atom is -0.210 e. The van der Waals surface area contributed by atoms with Crippen molar-refractivity contribution in [2.24, 2.45) is 5.92 Å². The van der Waals surface area contributed by atoms with Crippen molar-refractivity contribution in [3.63, 3.8) is 0 Å². The lowest BCUT2D eigenvalue weighted by Crippen LogP contribution is -2.29. The van der Waals surface area contributed by atoms with Gasteiger partial charge in [0.05, 0.1) is 0 Å². The largest absolute Gasteiger partial charge is 0.389 e. The average Bonchev–Trinajstić information content (AvgIpc) is 1.62. The molecule has 0 aromatic carbocycles. The van der Waals surface area contributed by atoms with Crippen LogP contribution in [0.2, 0.25) is 0 Å². The van der Waals surface area contributed by atoms with Gasteiger partial charge in [0.2, 0.25) is 6.43 Å². The van der Waals surface area contributed by atoms with E-state index in [-0.39, 0.29) is 0 Å². The molecule has 1 unspecified atom stereocenters. The van der Waals surface area contributed by atoms with Gasteiger partial charge in [-0.25, -0.2) is 8.78 Å². The highest BCUT2D eigenvalue weighted by Gasteiger charge is 2.41. The lowest BCUT2D eigenvalue weighted by molar-refractivity contribution is -0.291. The van der Waals surface area contributed by atoms with Crippen LogP contribution in [0.5, 0.6) is 0 Å². The normalized spacial score (nSPS) is 16.3. The number of hydrogen-bond donors (Lipinski definition) is 0. The molecule has 0 aromatic rings. The molecule has 0 saturated heterocycles. The Bertz CT molecular complexity index is 87.1.